The molecule has 1 aromatic carbocycles. The molecule has 1 amide bonds. The van der Waals surface area contributed by atoms with E-state index in [1.165, 1.54) is 6.92 Å². The summed E-state index contributed by atoms with van der Waals surface area (Å²) < 4.78 is 5.71. The highest BCUT2D eigenvalue weighted by molar-refractivity contribution is 6.34. The monoisotopic (exact) mass is 269 g/mol. The zero-order valence-electron chi connectivity index (χ0n) is 11.2. The molecule has 18 heavy (non-hydrogen) atoms. The Morgan fingerprint density at radius 3 is 2.67 bits per heavy atom. The molecule has 0 N–H and O–H groups in total. The predicted molar refractivity (Wildman–Crippen MR) is 75.6 cm³/mol. The first-order chi connectivity index (χ1) is 8.61. The molecule has 0 atom stereocenters. The van der Waals surface area contributed by atoms with Crippen molar-refractivity contribution in [3.8, 4) is 5.75 Å². The number of para-hydroxylation sites is 1. The molecular formula is C14H20ClNO2. The summed E-state index contributed by atoms with van der Waals surface area (Å²) >= 11 is 6.19. The highest BCUT2D eigenvalue weighted by Crippen LogP contribution is 2.35. The highest BCUT2D eigenvalue weighted by Gasteiger charge is 2.17. The Morgan fingerprint density at radius 1 is 1.39 bits per heavy atom. The molecule has 0 aliphatic rings. The minimum Gasteiger partial charge on any atom is -0.491 e. The molecule has 0 aromatic heterocycles. The standard InChI is InChI=1S/C14H20ClNO2/c1-4-6-10-18-13-9-7-8-12(15)14(13)16(5-2)11(3)17/h7-9H,4-6,10H2,1-3H3. The lowest BCUT2D eigenvalue weighted by Crippen LogP contribution is -2.28. The third kappa shape index (κ3) is 3.64. The van der Waals surface area contributed by atoms with Gasteiger partial charge in [0.15, 0.2) is 0 Å². The van der Waals surface area contributed by atoms with E-state index in [2.05, 4.69) is 6.92 Å². The van der Waals surface area contributed by atoms with Crippen molar-refractivity contribution in [1.29, 1.82) is 0 Å². The van der Waals surface area contributed by atoms with Crippen molar-refractivity contribution in [2.24, 2.45) is 0 Å². The molecule has 3 nitrogen and oxygen atoms in total. The Bertz CT molecular complexity index is 407. The number of benzene rings is 1. The highest BCUT2D eigenvalue weighted by atomic mass is 35.5. The molecule has 0 bridgehead atoms. The molecule has 1 aromatic rings. The van der Waals surface area contributed by atoms with Crippen LogP contribution in [0.4, 0.5) is 5.69 Å². The molecule has 4 heteroatoms. The first-order valence-electron chi connectivity index (χ1n) is 6.31. The smallest absolute Gasteiger partial charge is 0.223 e. The van der Waals surface area contributed by atoms with E-state index in [-0.39, 0.29) is 5.91 Å². The number of halogens is 1. The summed E-state index contributed by atoms with van der Waals surface area (Å²) in [6.07, 6.45) is 2.05. The van der Waals surface area contributed by atoms with Crippen LogP contribution in [-0.4, -0.2) is 19.1 Å². The quantitative estimate of drug-likeness (QED) is 0.733. The van der Waals surface area contributed by atoms with Gasteiger partial charge in [0.25, 0.3) is 0 Å². The first kappa shape index (κ1) is 14.8. The van der Waals surface area contributed by atoms with Gasteiger partial charge in [-0.2, -0.15) is 0 Å². The van der Waals surface area contributed by atoms with Gasteiger partial charge >= 0.3 is 0 Å². The molecule has 0 heterocycles. The number of hydrogen-bond acceptors (Lipinski definition) is 2. The van der Waals surface area contributed by atoms with E-state index in [0.29, 0.717) is 29.6 Å². The van der Waals surface area contributed by atoms with Crippen molar-refractivity contribution >= 4 is 23.2 Å². The van der Waals surface area contributed by atoms with Gasteiger partial charge in [-0.15, -0.1) is 0 Å². The summed E-state index contributed by atoms with van der Waals surface area (Å²) in [4.78, 5) is 13.3. The number of carbonyl (C=O) groups excluding carboxylic acids is 1. The molecule has 0 unspecified atom stereocenters. The lowest BCUT2D eigenvalue weighted by atomic mass is 10.2. The third-order valence-electron chi connectivity index (χ3n) is 2.67. The van der Waals surface area contributed by atoms with Gasteiger partial charge in [-0.3, -0.25) is 4.79 Å². The van der Waals surface area contributed by atoms with Gasteiger partial charge in [0.05, 0.1) is 11.6 Å². The Hall–Kier alpha value is -1.22. The van der Waals surface area contributed by atoms with Crippen molar-refractivity contribution in [1.82, 2.24) is 0 Å². The van der Waals surface area contributed by atoms with Gasteiger partial charge in [0.2, 0.25) is 5.91 Å². The first-order valence-corrected chi connectivity index (χ1v) is 6.69. The minimum atomic E-state index is -0.0362. The summed E-state index contributed by atoms with van der Waals surface area (Å²) in [6.45, 7) is 6.77. The largest absolute Gasteiger partial charge is 0.491 e. The molecule has 0 aliphatic carbocycles. The molecule has 0 spiro atoms. The van der Waals surface area contributed by atoms with Crippen LogP contribution in [0.15, 0.2) is 18.2 Å². The molecule has 100 valence electrons. The Morgan fingerprint density at radius 2 is 2.11 bits per heavy atom. The Balaban J connectivity index is 3.02. The number of anilines is 1. The fourth-order valence-corrected chi connectivity index (χ4v) is 2.01. The van der Waals surface area contributed by atoms with Crippen LogP contribution in [0.1, 0.15) is 33.6 Å². The van der Waals surface area contributed by atoms with Crippen LogP contribution >= 0.6 is 11.6 Å². The summed E-state index contributed by atoms with van der Waals surface area (Å²) in [5.74, 6) is 0.638. The maximum Gasteiger partial charge on any atom is 0.223 e. The number of rotatable bonds is 6. The van der Waals surface area contributed by atoms with Gasteiger partial charge in [-0.25, -0.2) is 0 Å². The van der Waals surface area contributed by atoms with Crippen LogP contribution in [0.5, 0.6) is 5.75 Å². The van der Waals surface area contributed by atoms with Crippen LogP contribution in [-0.2, 0) is 4.79 Å². The van der Waals surface area contributed by atoms with E-state index in [4.69, 9.17) is 16.3 Å². The maximum atomic E-state index is 11.6. The number of carbonyl (C=O) groups is 1. The van der Waals surface area contributed by atoms with Gasteiger partial charge < -0.3 is 9.64 Å². The maximum absolute atomic E-state index is 11.6. The van der Waals surface area contributed by atoms with Gasteiger partial charge in [0, 0.05) is 13.5 Å². The predicted octanol–water partition coefficient (Wildman–Crippen LogP) is 3.89. The second kappa shape index (κ2) is 7.27. The Labute approximate surface area is 114 Å². The van der Waals surface area contributed by atoms with E-state index >= 15 is 0 Å². The van der Waals surface area contributed by atoms with Crippen LogP contribution in [0, 0.1) is 0 Å². The fraction of sp³-hybridized carbons (Fsp3) is 0.500. The number of unbranched alkanes of at least 4 members (excludes halogenated alkanes) is 1. The average molecular weight is 270 g/mol. The second-order valence-corrected chi connectivity index (χ2v) is 4.46. The van der Waals surface area contributed by atoms with Crippen LogP contribution in [0.25, 0.3) is 0 Å². The van der Waals surface area contributed by atoms with Gasteiger partial charge in [-0.05, 0) is 25.5 Å². The molecular weight excluding hydrogens is 250 g/mol. The summed E-state index contributed by atoms with van der Waals surface area (Å²) in [7, 11) is 0. The third-order valence-corrected chi connectivity index (χ3v) is 2.98. The van der Waals surface area contributed by atoms with Crippen molar-refractivity contribution in [3.63, 3.8) is 0 Å². The van der Waals surface area contributed by atoms with E-state index in [9.17, 15) is 4.79 Å². The lowest BCUT2D eigenvalue weighted by molar-refractivity contribution is -0.116. The molecule has 0 saturated heterocycles. The number of hydrogen-bond donors (Lipinski definition) is 0. The van der Waals surface area contributed by atoms with Crippen LogP contribution < -0.4 is 9.64 Å². The van der Waals surface area contributed by atoms with Gasteiger partial charge in [-0.1, -0.05) is 31.0 Å². The minimum absolute atomic E-state index is 0.0362. The van der Waals surface area contributed by atoms with Crippen LogP contribution in [0.3, 0.4) is 0 Å². The number of nitrogens with zero attached hydrogens (tertiary/aromatic N) is 1. The zero-order valence-corrected chi connectivity index (χ0v) is 12.0. The van der Waals surface area contributed by atoms with E-state index in [1.54, 1.807) is 11.0 Å². The van der Waals surface area contributed by atoms with Crippen molar-refractivity contribution in [2.75, 3.05) is 18.1 Å². The molecule has 0 radical (unpaired) electrons. The SMILES string of the molecule is CCCCOc1cccc(Cl)c1N(CC)C(C)=O. The summed E-state index contributed by atoms with van der Waals surface area (Å²) in [6, 6.07) is 5.46. The van der Waals surface area contributed by atoms with Crippen molar-refractivity contribution < 1.29 is 9.53 Å². The van der Waals surface area contributed by atoms with E-state index < -0.39 is 0 Å². The summed E-state index contributed by atoms with van der Waals surface area (Å²) in [5.41, 5.74) is 0.672. The van der Waals surface area contributed by atoms with E-state index in [0.717, 1.165) is 12.8 Å². The fourth-order valence-electron chi connectivity index (χ4n) is 1.74. The van der Waals surface area contributed by atoms with Crippen molar-refractivity contribution in [2.45, 2.75) is 33.6 Å². The molecule has 0 fully saturated rings. The Kier molecular flexibility index (Phi) is 5.99. The second-order valence-electron chi connectivity index (χ2n) is 4.05. The zero-order chi connectivity index (χ0) is 13.5. The van der Waals surface area contributed by atoms with Gasteiger partial charge in [0.1, 0.15) is 11.4 Å². The molecule has 0 aliphatic heterocycles. The number of ether oxygens (including phenoxy) is 1. The average Bonchev–Trinajstić information content (AvgIpc) is 2.33. The van der Waals surface area contributed by atoms with Crippen LogP contribution in [0.2, 0.25) is 5.02 Å². The van der Waals surface area contributed by atoms with E-state index in [1.807, 2.05) is 19.1 Å². The van der Waals surface area contributed by atoms with Crippen molar-refractivity contribution in [3.05, 3.63) is 23.2 Å². The molecule has 1 rings (SSSR count). The number of amides is 1. The normalized spacial score (nSPS) is 10.2. The topological polar surface area (TPSA) is 29.5 Å². The summed E-state index contributed by atoms with van der Waals surface area (Å²) in [5, 5.41) is 0.543. The lowest BCUT2D eigenvalue weighted by Gasteiger charge is -2.23. The molecule has 0 saturated carbocycles.